The fourth-order valence-corrected chi connectivity index (χ4v) is 4.04. The molecule has 0 radical (unpaired) electrons. The third-order valence-corrected chi connectivity index (χ3v) is 5.09. The van der Waals surface area contributed by atoms with Gasteiger partial charge in [0.2, 0.25) is 10.7 Å². The predicted octanol–water partition coefficient (Wildman–Crippen LogP) is 4.37. The Labute approximate surface area is 141 Å². The molecule has 4 heteroatoms. The Kier molecular flexibility index (Phi) is 4.64. The summed E-state index contributed by atoms with van der Waals surface area (Å²) >= 11 is 1.70. The second-order valence-corrected chi connectivity index (χ2v) is 6.98. The summed E-state index contributed by atoms with van der Waals surface area (Å²) in [5, 5.41) is 11.9. The summed E-state index contributed by atoms with van der Waals surface area (Å²) < 4.78 is 2.03. The van der Waals surface area contributed by atoms with E-state index in [9.17, 15) is 5.11 Å². The van der Waals surface area contributed by atoms with Gasteiger partial charge in [-0.05, 0) is 19.1 Å². The molecule has 1 N–H and O–H groups in total. The molecule has 1 heterocycles. The number of thioether (sulfide) groups is 1. The standard InChI is InChI=1S/C19H21N2OS/c1-15(20-16-9-5-3-6-10-16)13-18-21(19(2,22)14-23-18)17-11-7-4-8-12-17/h3-12,22H,13-14H2,1-2H3/q+1. The Bertz CT molecular complexity index is 736. The summed E-state index contributed by atoms with van der Waals surface area (Å²) in [5.74, 6) is 0.663. The summed E-state index contributed by atoms with van der Waals surface area (Å²) in [7, 11) is 0. The second-order valence-electron chi connectivity index (χ2n) is 5.93. The van der Waals surface area contributed by atoms with Crippen LogP contribution in [0.2, 0.25) is 0 Å². The van der Waals surface area contributed by atoms with Gasteiger partial charge >= 0.3 is 0 Å². The van der Waals surface area contributed by atoms with Gasteiger partial charge in [0, 0.05) is 24.8 Å². The van der Waals surface area contributed by atoms with Crippen molar-refractivity contribution in [3.8, 4) is 0 Å². The maximum absolute atomic E-state index is 10.7. The van der Waals surface area contributed by atoms with Gasteiger partial charge in [-0.25, -0.2) is 0 Å². The van der Waals surface area contributed by atoms with Gasteiger partial charge in [0.1, 0.15) is 0 Å². The topological polar surface area (TPSA) is 35.6 Å². The molecule has 0 fully saturated rings. The average molecular weight is 325 g/mol. The van der Waals surface area contributed by atoms with E-state index in [-0.39, 0.29) is 0 Å². The van der Waals surface area contributed by atoms with Crippen molar-refractivity contribution in [3.63, 3.8) is 0 Å². The van der Waals surface area contributed by atoms with Crippen LogP contribution in [-0.4, -0.2) is 31.9 Å². The third kappa shape index (κ3) is 3.71. The molecule has 0 saturated carbocycles. The van der Waals surface area contributed by atoms with Gasteiger partial charge in [-0.15, -0.1) is 0 Å². The highest BCUT2D eigenvalue weighted by Gasteiger charge is 2.44. The number of nitrogens with zero attached hydrogens (tertiary/aromatic N) is 2. The quantitative estimate of drug-likeness (QED) is 0.669. The number of benzene rings is 2. The van der Waals surface area contributed by atoms with E-state index in [1.807, 2.05) is 79.1 Å². The lowest BCUT2D eigenvalue weighted by Crippen LogP contribution is -2.36. The highest BCUT2D eigenvalue weighted by Crippen LogP contribution is 2.33. The van der Waals surface area contributed by atoms with Gasteiger partial charge in [-0.1, -0.05) is 48.2 Å². The van der Waals surface area contributed by atoms with Crippen LogP contribution in [0.15, 0.2) is 65.7 Å². The maximum atomic E-state index is 10.7. The number of hydrogen-bond acceptors (Lipinski definition) is 3. The molecule has 0 aliphatic carbocycles. The SMILES string of the molecule is CC(CC1=[N+](c2ccccc2)C(C)(O)CS1)=Nc1ccccc1. The van der Waals surface area contributed by atoms with Crippen LogP contribution in [0.5, 0.6) is 0 Å². The number of rotatable bonds is 4. The number of para-hydroxylation sites is 2. The van der Waals surface area contributed by atoms with Crippen LogP contribution in [0.1, 0.15) is 20.3 Å². The van der Waals surface area contributed by atoms with Crippen LogP contribution >= 0.6 is 11.8 Å². The Morgan fingerprint density at radius 2 is 1.74 bits per heavy atom. The minimum Gasteiger partial charge on any atom is -0.334 e. The summed E-state index contributed by atoms with van der Waals surface area (Å²) in [5.41, 5.74) is 2.16. The van der Waals surface area contributed by atoms with E-state index in [0.29, 0.717) is 5.75 Å². The molecule has 1 unspecified atom stereocenters. The zero-order chi connectivity index (χ0) is 16.3. The van der Waals surface area contributed by atoms with Crippen molar-refractivity contribution >= 4 is 33.9 Å². The summed E-state index contributed by atoms with van der Waals surface area (Å²) in [6.07, 6.45) is 0.741. The molecule has 23 heavy (non-hydrogen) atoms. The maximum Gasteiger partial charge on any atom is 0.277 e. The van der Waals surface area contributed by atoms with Crippen molar-refractivity contribution in [3.05, 3.63) is 60.7 Å². The van der Waals surface area contributed by atoms with Gasteiger partial charge < -0.3 is 5.11 Å². The van der Waals surface area contributed by atoms with Crippen LogP contribution in [0.3, 0.4) is 0 Å². The largest absolute Gasteiger partial charge is 0.334 e. The van der Waals surface area contributed by atoms with E-state index < -0.39 is 5.72 Å². The highest BCUT2D eigenvalue weighted by atomic mass is 32.2. The summed E-state index contributed by atoms with van der Waals surface area (Å²) in [4.78, 5) is 4.67. The molecule has 3 nitrogen and oxygen atoms in total. The molecule has 0 spiro atoms. The molecule has 0 aromatic heterocycles. The lowest BCUT2D eigenvalue weighted by Gasteiger charge is -2.14. The monoisotopic (exact) mass is 325 g/mol. The first-order chi connectivity index (χ1) is 11.1. The van der Waals surface area contributed by atoms with Crippen LogP contribution in [0.25, 0.3) is 0 Å². The zero-order valence-electron chi connectivity index (χ0n) is 13.4. The first-order valence-corrected chi connectivity index (χ1v) is 8.70. The van der Waals surface area contributed by atoms with Crippen molar-refractivity contribution in [1.82, 2.24) is 0 Å². The van der Waals surface area contributed by atoms with E-state index in [1.165, 1.54) is 0 Å². The zero-order valence-corrected chi connectivity index (χ0v) is 14.3. The van der Waals surface area contributed by atoms with Crippen LogP contribution < -0.4 is 0 Å². The Hall–Kier alpha value is -1.91. The molecule has 1 aliphatic heterocycles. The van der Waals surface area contributed by atoms with E-state index in [4.69, 9.17) is 0 Å². The molecule has 2 aromatic rings. The van der Waals surface area contributed by atoms with E-state index >= 15 is 0 Å². The van der Waals surface area contributed by atoms with Gasteiger partial charge in [0.05, 0.1) is 17.9 Å². The molecule has 3 rings (SSSR count). The van der Waals surface area contributed by atoms with Crippen molar-refractivity contribution in [1.29, 1.82) is 0 Å². The number of hydrogen-bond donors (Lipinski definition) is 1. The number of aliphatic imine (C=N–C) groups is 1. The molecular weight excluding hydrogens is 304 g/mol. The lowest BCUT2D eigenvalue weighted by molar-refractivity contribution is -0.575. The highest BCUT2D eigenvalue weighted by molar-refractivity contribution is 8.14. The first-order valence-electron chi connectivity index (χ1n) is 7.72. The van der Waals surface area contributed by atoms with Crippen molar-refractivity contribution in [2.45, 2.75) is 26.0 Å². The molecule has 0 amide bonds. The predicted molar refractivity (Wildman–Crippen MR) is 98.3 cm³/mol. The van der Waals surface area contributed by atoms with Crippen LogP contribution in [-0.2, 0) is 0 Å². The number of aliphatic hydroxyl groups is 1. The third-order valence-electron chi connectivity index (χ3n) is 3.74. The molecule has 0 saturated heterocycles. The van der Waals surface area contributed by atoms with E-state index in [0.717, 1.165) is 28.6 Å². The van der Waals surface area contributed by atoms with Gasteiger partial charge in [0.25, 0.3) is 5.72 Å². The summed E-state index contributed by atoms with van der Waals surface area (Å²) in [6, 6.07) is 20.0. The van der Waals surface area contributed by atoms with Gasteiger partial charge in [-0.3, -0.25) is 4.99 Å². The second kappa shape index (κ2) is 6.69. The van der Waals surface area contributed by atoms with Gasteiger partial charge in [0.15, 0.2) is 0 Å². The lowest BCUT2D eigenvalue weighted by atomic mass is 10.2. The fourth-order valence-electron chi connectivity index (χ4n) is 2.73. The first kappa shape index (κ1) is 16.0. The van der Waals surface area contributed by atoms with Gasteiger partial charge in [-0.2, -0.15) is 4.58 Å². The van der Waals surface area contributed by atoms with E-state index in [1.54, 1.807) is 11.8 Å². The molecule has 1 aliphatic rings. The van der Waals surface area contributed by atoms with Crippen molar-refractivity contribution < 1.29 is 9.68 Å². The van der Waals surface area contributed by atoms with Crippen molar-refractivity contribution in [2.24, 2.45) is 4.99 Å². The Balaban J connectivity index is 1.92. The fraction of sp³-hybridized carbons (Fsp3) is 0.263. The Morgan fingerprint density at radius 3 is 2.39 bits per heavy atom. The average Bonchev–Trinajstić information content (AvgIpc) is 2.83. The van der Waals surface area contributed by atoms with E-state index in [2.05, 4.69) is 4.99 Å². The Morgan fingerprint density at radius 1 is 1.13 bits per heavy atom. The minimum atomic E-state index is -0.867. The molecule has 2 aromatic carbocycles. The minimum absolute atomic E-state index is 0.663. The molecule has 118 valence electrons. The molecule has 0 bridgehead atoms. The summed E-state index contributed by atoms with van der Waals surface area (Å²) in [6.45, 7) is 3.90. The molecule has 1 atom stereocenters. The smallest absolute Gasteiger partial charge is 0.277 e. The van der Waals surface area contributed by atoms with Crippen LogP contribution in [0, 0.1) is 0 Å². The normalized spacial score (nSPS) is 21.8. The molecular formula is C19H21N2OS+. The van der Waals surface area contributed by atoms with Crippen molar-refractivity contribution in [2.75, 3.05) is 5.75 Å². The van der Waals surface area contributed by atoms with Crippen LogP contribution in [0.4, 0.5) is 11.4 Å².